The highest BCUT2D eigenvalue weighted by atomic mass is 35.5. The van der Waals surface area contributed by atoms with E-state index < -0.39 is 12.1 Å². The zero-order chi connectivity index (χ0) is 17.4. The second kappa shape index (κ2) is 9.52. The minimum absolute atomic E-state index is 0.248. The normalized spacial score (nSPS) is 16.2. The first-order valence-corrected chi connectivity index (χ1v) is 8.78. The monoisotopic (exact) mass is 353 g/mol. The van der Waals surface area contributed by atoms with Crippen LogP contribution in [-0.2, 0) is 14.3 Å². The molecule has 24 heavy (non-hydrogen) atoms. The molecule has 1 saturated carbocycles. The zero-order valence-electron chi connectivity index (χ0n) is 13.9. The first kappa shape index (κ1) is 18.6. The van der Waals surface area contributed by atoms with E-state index in [1.165, 1.54) is 19.3 Å². The van der Waals surface area contributed by atoms with Gasteiger partial charge in [0.25, 0.3) is 5.91 Å². The maximum Gasteiger partial charge on any atom is 0.344 e. The minimum atomic E-state index is -0.824. The first-order valence-electron chi connectivity index (χ1n) is 8.40. The van der Waals surface area contributed by atoms with Crippen LogP contribution in [0.5, 0.6) is 5.75 Å². The van der Waals surface area contributed by atoms with E-state index in [0.717, 1.165) is 12.8 Å². The van der Waals surface area contributed by atoms with Crippen molar-refractivity contribution in [3.63, 3.8) is 0 Å². The van der Waals surface area contributed by atoms with Crippen molar-refractivity contribution in [2.75, 3.05) is 13.2 Å². The van der Waals surface area contributed by atoms with Gasteiger partial charge in [0.1, 0.15) is 5.75 Å². The molecule has 0 unspecified atom stereocenters. The molecule has 0 aromatic heterocycles. The quantitative estimate of drug-likeness (QED) is 0.763. The highest BCUT2D eigenvalue weighted by molar-refractivity contribution is 6.30. The predicted molar refractivity (Wildman–Crippen MR) is 92.1 cm³/mol. The van der Waals surface area contributed by atoms with Crippen molar-refractivity contribution >= 4 is 23.5 Å². The van der Waals surface area contributed by atoms with E-state index in [4.69, 9.17) is 21.1 Å². The van der Waals surface area contributed by atoms with E-state index in [1.54, 1.807) is 31.2 Å². The number of amides is 1. The highest BCUT2D eigenvalue weighted by Gasteiger charge is 2.20. The van der Waals surface area contributed by atoms with Crippen molar-refractivity contribution in [2.24, 2.45) is 5.92 Å². The summed E-state index contributed by atoms with van der Waals surface area (Å²) < 4.78 is 10.4. The number of hydrogen-bond donors (Lipinski definition) is 1. The van der Waals surface area contributed by atoms with Gasteiger partial charge in [0.05, 0.1) is 0 Å². The first-order chi connectivity index (χ1) is 11.5. The van der Waals surface area contributed by atoms with Gasteiger partial charge in [-0.25, -0.2) is 4.79 Å². The standard InChI is InChI=1S/C18H24ClNO4/c1-13(18(22)20-11-14-5-3-2-4-6-14)24-17(21)12-23-16-9-7-15(19)8-10-16/h7-10,13-14H,2-6,11-12H2,1H3,(H,20,22)/t13-/m0/s1. The van der Waals surface area contributed by atoms with Crippen molar-refractivity contribution in [3.8, 4) is 5.75 Å². The third-order valence-corrected chi connectivity index (χ3v) is 4.39. The van der Waals surface area contributed by atoms with Crippen molar-refractivity contribution < 1.29 is 19.1 Å². The number of carbonyl (C=O) groups excluding carboxylic acids is 2. The van der Waals surface area contributed by atoms with Crippen molar-refractivity contribution in [2.45, 2.75) is 45.1 Å². The summed E-state index contributed by atoms with van der Waals surface area (Å²) in [7, 11) is 0. The van der Waals surface area contributed by atoms with Crippen LogP contribution in [0.4, 0.5) is 0 Å². The maximum absolute atomic E-state index is 12.0. The molecule has 0 heterocycles. The van der Waals surface area contributed by atoms with Crippen molar-refractivity contribution in [1.82, 2.24) is 5.32 Å². The summed E-state index contributed by atoms with van der Waals surface area (Å²) in [6, 6.07) is 6.67. The molecule has 0 bridgehead atoms. The topological polar surface area (TPSA) is 64.6 Å². The Morgan fingerprint density at radius 3 is 2.54 bits per heavy atom. The van der Waals surface area contributed by atoms with Crippen LogP contribution in [0.3, 0.4) is 0 Å². The molecular formula is C18H24ClNO4. The summed E-state index contributed by atoms with van der Waals surface area (Å²) in [5, 5.41) is 3.46. The lowest BCUT2D eigenvalue weighted by Gasteiger charge is -2.22. The lowest BCUT2D eigenvalue weighted by molar-refractivity contribution is -0.156. The van der Waals surface area contributed by atoms with E-state index in [2.05, 4.69) is 5.32 Å². The average Bonchev–Trinajstić information content (AvgIpc) is 2.60. The van der Waals surface area contributed by atoms with E-state index in [1.807, 2.05) is 0 Å². The summed E-state index contributed by atoms with van der Waals surface area (Å²) in [6.07, 6.45) is 5.23. The molecule has 1 N–H and O–H groups in total. The fourth-order valence-electron chi connectivity index (χ4n) is 2.74. The van der Waals surface area contributed by atoms with Crippen LogP contribution in [0.1, 0.15) is 39.0 Å². The van der Waals surface area contributed by atoms with E-state index in [9.17, 15) is 9.59 Å². The molecule has 0 saturated heterocycles. The SMILES string of the molecule is C[C@H](OC(=O)COc1ccc(Cl)cc1)C(=O)NCC1CCCCC1. The van der Waals surface area contributed by atoms with Gasteiger partial charge in [0.2, 0.25) is 0 Å². The fraction of sp³-hybridized carbons (Fsp3) is 0.556. The van der Waals surface area contributed by atoms with Crippen molar-refractivity contribution in [1.29, 1.82) is 0 Å². The molecule has 1 aromatic carbocycles. The Bertz CT molecular complexity index is 540. The summed E-state index contributed by atoms with van der Waals surface area (Å²) in [5.41, 5.74) is 0. The third-order valence-electron chi connectivity index (χ3n) is 4.14. The molecule has 0 aliphatic heterocycles. The lowest BCUT2D eigenvalue weighted by Crippen LogP contribution is -2.39. The van der Waals surface area contributed by atoms with Gasteiger partial charge in [0, 0.05) is 11.6 Å². The molecular weight excluding hydrogens is 330 g/mol. The van der Waals surface area contributed by atoms with E-state index >= 15 is 0 Å². The number of ether oxygens (including phenoxy) is 2. The predicted octanol–water partition coefficient (Wildman–Crippen LogP) is 3.35. The Balaban J connectivity index is 1.66. The molecule has 5 nitrogen and oxygen atoms in total. The van der Waals surface area contributed by atoms with Gasteiger partial charge in [-0.3, -0.25) is 4.79 Å². The Morgan fingerprint density at radius 2 is 1.88 bits per heavy atom. The highest BCUT2D eigenvalue weighted by Crippen LogP contribution is 2.22. The average molecular weight is 354 g/mol. The molecule has 6 heteroatoms. The van der Waals surface area contributed by atoms with Crippen molar-refractivity contribution in [3.05, 3.63) is 29.3 Å². The zero-order valence-corrected chi connectivity index (χ0v) is 14.7. The lowest BCUT2D eigenvalue weighted by atomic mass is 9.89. The van der Waals surface area contributed by atoms with Crippen LogP contribution in [0.25, 0.3) is 0 Å². The number of nitrogens with one attached hydrogen (secondary N) is 1. The summed E-state index contributed by atoms with van der Waals surface area (Å²) in [5.74, 6) is 0.218. The Labute approximate surface area is 147 Å². The number of halogens is 1. The van der Waals surface area contributed by atoms with Gasteiger partial charge in [-0.15, -0.1) is 0 Å². The maximum atomic E-state index is 12.0. The van der Waals surface area contributed by atoms with E-state index in [-0.39, 0.29) is 12.5 Å². The number of hydrogen-bond acceptors (Lipinski definition) is 4. The minimum Gasteiger partial charge on any atom is -0.482 e. The smallest absolute Gasteiger partial charge is 0.344 e. The number of carbonyl (C=O) groups is 2. The van der Waals surface area contributed by atoms with Gasteiger partial charge in [-0.2, -0.15) is 0 Å². The Kier molecular flexibility index (Phi) is 7.37. The van der Waals surface area contributed by atoms with Crippen LogP contribution in [0, 0.1) is 5.92 Å². The molecule has 1 aromatic rings. The largest absolute Gasteiger partial charge is 0.482 e. The van der Waals surface area contributed by atoms with Crippen LogP contribution in [-0.4, -0.2) is 31.1 Å². The molecule has 1 aliphatic carbocycles. The van der Waals surface area contributed by atoms with Gasteiger partial charge in [-0.05, 0) is 49.9 Å². The second-order valence-corrected chi connectivity index (χ2v) is 6.56. The van der Waals surface area contributed by atoms with Crippen LogP contribution in [0.2, 0.25) is 5.02 Å². The van der Waals surface area contributed by atoms with Gasteiger partial charge < -0.3 is 14.8 Å². The Hall–Kier alpha value is -1.75. The van der Waals surface area contributed by atoms with Crippen LogP contribution in [0.15, 0.2) is 24.3 Å². The summed E-state index contributed by atoms with van der Waals surface area (Å²) in [4.78, 5) is 23.7. The molecule has 1 atom stereocenters. The van der Waals surface area contributed by atoms with Gasteiger partial charge in [-0.1, -0.05) is 30.9 Å². The third kappa shape index (κ3) is 6.40. The molecule has 1 fully saturated rings. The molecule has 2 rings (SSSR count). The molecule has 1 aliphatic rings. The Morgan fingerprint density at radius 1 is 1.21 bits per heavy atom. The number of rotatable bonds is 7. The molecule has 1 amide bonds. The molecule has 132 valence electrons. The van der Waals surface area contributed by atoms with Gasteiger partial charge >= 0.3 is 5.97 Å². The van der Waals surface area contributed by atoms with Crippen LogP contribution < -0.4 is 10.1 Å². The molecule has 0 radical (unpaired) electrons. The fourth-order valence-corrected chi connectivity index (χ4v) is 2.86. The number of benzene rings is 1. The summed E-state index contributed by atoms with van der Waals surface area (Å²) in [6.45, 7) is 1.97. The molecule has 0 spiro atoms. The summed E-state index contributed by atoms with van der Waals surface area (Å²) >= 11 is 5.77. The van der Waals surface area contributed by atoms with Crippen LogP contribution >= 0.6 is 11.6 Å². The number of esters is 1. The van der Waals surface area contributed by atoms with E-state index in [0.29, 0.717) is 23.2 Å². The second-order valence-electron chi connectivity index (χ2n) is 6.12. The van der Waals surface area contributed by atoms with Gasteiger partial charge in [0.15, 0.2) is 12.7 Å².